The minimum absolute atomic E-state index is 0.0158. The van der Waals surface area contributed by atoms with Crippen molar-refractivity contribution in [2.45, 2.75) is 6.11 Å². The molecule has 0 atom stereocenters. The average molecular weight is 550 g/mol. The molecule has 0 aliphatic heterocycles. The van der Waals surface area contributed by atoms with Gasteiger partial charge in [0.25, 0.3) is 0 Å². The second kappa shape index (κ2) is 10.7. The predicted molar refractivity (Wildman–Crippen MR) is 127 cm³/mol. The molecule has 0 saturated carbocycles. The summed E-state index contributed by atoms with van der Waals surface area (Å²) in [5, 5.41) is 0. The van der Waals surface area contributed by atoms with Crippen LogP contribution in [0.25, 0.3) is 28.1 Å². The Morgan fingerprint density at radius 2 is 1.23 bits per heavy atom. The lowest BCUT2D eigenvalue weighted by molar-refractivity contribution is -0.187. The summed E-state index contributed by atoms with van der Waals surface area (Å²) in [6.07, 6.45) is -3.71. The van der Waals surface area contributed by atoms with Gasteiger partial charge in [0.15, 0.2) is 40.7 Å². The molecule has 0 N–H and O–H groups in total. The van der Waals surface area contributed by atoms with Crippen molar-refractivity contribution >= 4 is 5.83 Å². The molecule has 0 bridgehead atoms. The van der Waals surface area contributed by atoms with Crippen LogP contribution in [0, 0.1) is 29.1 Å². The van der Waals surface area contributed by atoms with Gasteiger partial charge in [0.2, 0.25) is 0 Å². The number of allylic oxidation sites excluding steroid dienone is 2. The fourth-order valence-corrected chi connectivity index (χ4v) is 3.64. The van der Waals surface area contributed by atoms with Crippen LogP contribution in [-0.4, -0.2) is 0 Å². The molecule has 0 heterocycles. The van der Waals surface area contributed by atoms with E-state index in [0.29, 0.717) is 17.2 Å². The SMILES string of the molecule is C=C/C(F)=C(\F)c1ccc(-c2ccc(-c3ccc(OC(F)(F)c4cc(F)c(F)c(F)c4)c(F)c3)c(F)c2)cc1. The molecule has 0 spiro atoms. The molecule has 0 aromatic heterocycles. The Bertz CT molecular complexity index is 1570. The molecule has 0 aliphatic rings. The normalized spacial score (nSPS) is 12.2. The van der Waals surface area contributed by atoms with Gasteiger partial charge in [-0.2, -0.15) is 8.78 Å². The van der Waals surface area contributed by atoms with Crippen LogP contribution >= 0.6 is 0 Å². The maximum atomic E-state index is 14.9. The van der Waals surface area contributed by atoms with Gasteiger partial charge in [0.1, 0.15) is 5.82 Å². The maximum Gasteiger partial charge on any atom is 0.427 e. The fourth-order valence-electron chi connectivity index (χ4n) is 3.64. The Hall–Kier alpha value is -4.47. The van der Waals surface area contributed by atoms with E-state index in [0.717, 1.165) is 24.3 Å². The highest BCUT2D eigenvalue weighted by molar-refractivity contribution is 5.73. The van der Waals surface area contributed by atoms with Crippen LogP contribution in [0.1, 0.15) is 11.1 Å². The van der Waals surface area contributed by atoms with Crippen molar-refractivity contribution in [1.29, 1.82) is 0 Å². The van der Waals surface area contributed by atoms with Crippen molar-refractivity contribution in [3.8, 4) is 28.0 Å². The molecule has 1 nitrogen and oxygen atoms in total. The Labute approximate surface area is 216 Å². The summed E-state index contributed by atoms with van der Waals surface area (Å²) < 4.78 is 130. The monoisotopic (exact) mass is 550 g/mol. The number of ether oxygens (including phenoxy) is 1. The van der Waals surface area contributed by atoms with E-state index in [-0.39, 0.29) is 28.8 Å². The van der Waals surface area contributed by atoms with E-state index < -0.39 is 58.2 Å². The molecule has 0 fully saturated rings. The zero-order chi connectivity index (χ0) is 28.5. The third kappa shape index (κ3) is 5.69. The topological polar surface area (TPSA) is 9.23 Å². The molecule has 39 heavy (non-hydrogen) atoms. The minimum atomic E-state index is -4.43. The molecule has 0 unspecified atom stereocenters. The lowest BCUT2D eigenvalue weighted by Crippen LogP contribution is -2.23. The lowest BCUT2D eigenvalue weighted by atomic mass is 9.98. The molecular weight excluding hydrogens is 535 g/mol. The van der Waals surface area contributed by atoms with Crippen LogP contribution in [0.4, 0.5) is 39.5 Å². The molecule has 4 aromatic carbocycles. The van der Waals surface area contributed by atoms with Gasteiger partial charge in [-0.25, -0.2) is 30.7 Å². The Balaban J connectivity index is 1.57. The highest BCUT2D eigenvalue weighted by Gasteiger charge is 2.37. The van der Waals surface area contributed by atoms with Crippen LogP contribution in [0.3, 0.4) is 0 Å². The largest absolute Gasteiger partial charge is 0.427 e. The smallest absolute Gasteiger partial charge is 0.426 e. The van der Waals surface area contributed by atoms with Gasteiger partial charge in [-0.15, -0.1) is 0 Å². The van der Waals surface area contributed by atoms with E-state index in [9.17, 15) is 39.5 Å². The summed E-state index contributed by atoms with van der Waals surface area (Å²) >= 11 is 0. The Morgan fingerprint density at radius 3 is 1.79 bits per heavy atom. The highest BCUT2D eigenvalue weighted by Crippen LogP contribution is 2.36. The van der Waals surface area contributed by atoms with Gasteiger partial charge in [-0.1, -0.05) is 49.0 Å². The summed E-state index contributed by atoms with van der Waals surface area (Å²) in [5.41, 5.74) is -0.768. The van der Waals surface area contributed by atoms with Crippen molar-refractivity contribution in [2.75, 3.05) is 0 Å². The summed E-state index contributed by atoms with van der Waals surface area (Å²) in [6.45, 7) is 3.15. The quantitative estimate of drug-likeness (QED) is 0.127. The van der Waals surface area contributed by atoms with Crippen LogP contribution in [-0.2, 0) is 6.11 Å². The van der Waals surface area contributed by atoms with Gasteiger partial charge in [0, 0.05) is 11.1 Å². The first-order valence-electron chi connectivity index (χ1n) is 11.0. The zero-order valence-electron chi connectivity index (χ0n) is 19.5. The van der Waals surface area contributed by atoms with Crippen LogP contribution in [0.15, 0.2) is 91.3 Å². The third-order valence-electron chi connectivity index (χ3n) is 5.63. The van der Waals surface area contributed by atoms with Gasteiger partial charge in [0.05, 0.1) is 5.56 Å². The third-order valence-corrected chi connectivity index (χ3v) is 5.63. The first kappa shape index (κ1) is 27.6. The van der Waals surface area contributed by atoms with E-state index in [2.05, 4.69) is 11.3 Å². The number of halogens is 9. The molecule has 0 aliphatic carbocycles. The fraction of sp³-hybridized carbons (Fsp3) is 0.0345. The number of rotatable bonds is 7. The van der Waals surface area contributed by atoms with Crippen molar-refractivity contribution < 1.29 is 44.3 Å². The van der Waals surface area contributed by atoms with Crippen molar-refractivity contribution in [3.05, 3.63) is 131 Å². The van der Waals surface area contributed by atoms with E-state index in [1.165, 1.54) is 36.4 Å². The van der Waals surface area contributed by atoms with Crippen LogP contribution in [0.2, 0.25) is 0 Å². The Kier molecular flexibility index (Phi) is 7.58. The van der Waals surface area contributed by atoms with Crippen molar-refractivity contribution in [3.63, 3.8) is 0 Å². The summed E-state index contributed by atoms with van der Waals surface area (Å²) in [6, 6.07) is 11.9. The molecule has 200 valence electrons. The standard InChI is InChI=1S/C29H15F9O/c1-2-21(30)27(35)16-5-3-15(4-6-16)17-7-9-20(22(31)11-17)18-8-10-26(23(32)12-18)39-29(37,38)19-13-24(33)28(36)25(34)14-19/h2-14H,1H2/b27-21+. The molecule has 0 radical (unpaired) electrons. The second-order valence-electron chi connectivity index (χ2n) is 8.16. The van der Waals surface area contributed by atoms with Crippen molar-refractivity contribution in [1.82, 2.24) is 0 Å². The van der Waals surface area contributed by atoms with Gasteiger partial charge in [-0.05, 0) is 53.1 Å². The summed E-state index contributed by atoms with van der Waals surface area (Å²) in [4.78, 5) is 0. The second-order valence-corrected chi connectivity index (χ2v) is 8.16. The zero-order valence-corrected chi connectivity index (χ0v) is 19.5. The summed E-state index contributed by atoms with van der Waals surface area (Å²) in [7, 11) is 0. The van der Waals surface area contributed by atoms with Crippen LogP contribution in [0.5, 0.6) is 5.75 Å². The molecule has 10 heteroatoms. The number of alkyl halides is 2. The number of benzene rings is 4. The lowest BCUT2D eigenvalue weighted by Gasteiger charge is -2.19. The summed E-state index contributed by atoms with van der Waals surface area (Å²) in [5.74, 6) is -11.1. The van der Waals surface area contributed by atoms with Gasteiger partial charge in [-0.3, -0.25) is 0 Å². The molecule has 4 aromatic rings. The average Bonchev–Trinajstić information content (AvgIpc) is 2.91. The molecule has 0 amide bonds. The van der Waals surface area contributed by atoms with E-state index in [4.69, 9.17) is 0 Å². The van der Waals surface area contributed by atoms with Gasteiger partial charge < -0.3 is 4.74 Å². The molecular formula is C29H15F9O. The predicted octanol–water partition coefficient (Wildman–Crippen LogP) is 9.64. The number of hydrogen-bond donors (Lipinski definition) is 0. The van der Waals surface area contributed by atoms with E-state index in [1.807, 2.05) is 0 Å². The maximum absolute atomic E-state index is 14.9. The minimum Gasteiger partial charge on any atom is -0.426 e. The molecule has 4 rings (SSSR count). The molecule has 0 saturated heterocycles. The first-order valence-corrected chi connectivity index (χ1v) is 11.0. The first-order chi connectivity index (χ1) is 18.4. The van der Waals surface area contributed by atoms with Crippen LogP contribution < -0.4 is 4.74 Å². The highest BCUT2D eigenvalue weighted by atomic mass is 19.3. The van der Waals surface area contributed by atoms with E-state index >= 15 is 0 Å². The van der Waals surface area contributed by atoms with Crippen molar-refractivity contribution in [2.24, 2.45) is 0 Å². The number of hydrogen-bond acceptors (Lipinski definition) is 1. The Morgan fingerprint density at radius 1 is 0.667 bits per heavy atom. The van der Waals surface area contributed by atoms with Gasteiger partial charge >= 0.3 is 6.11 Å². The van der Waals surface area contributed by atoms with E-state index in [1.54, 1.807) is 0 Å².